The number of anilines is 1. The molecule has 2 N–H and O–H groups in total. The Kier molecular flexibility index (Phi) is 7.07. The van der Waals surface area contributed by atoms with Crippen LogP contribution >= 0.6 is 0 Å². The number of piperidine rings is 1. The van der Waals surface area contributed by atoms with Crippen molar-refractivity contribution in [1.82, 2.24) is 10.6 Å². The summed E-state index contributed by atoms with van der Waals surface area (Å²) in [6, 6.07) is 12.8. The molecule has 0 spiro atoms. The normalized spacial score (nSPS) is 15.0. The first-order valence-corrected chi connectivity index (χ1v) is 9.94. The van der Waals surface area contributed by atoms with Crippen molar-refractivity contribution >= 4 is 11.7 Å². The lowest BCUT2D eigenvalue weighted by molar-refractivity contribution is -0.137. The minimum absolute atomic E-state index is 0.102. The molecule has 2 aromatic carbocycles. The molecule has 2 aromatic rings. The van der Waals surface area contributed by atoms with E-state index in [4.69, 9.17) is 4.74 Å². The van der Waals surface area contributed by atoms with Gasteiger partial charge in [0, 0.05) is 31.4 Å². The van der Waals surface area contributed by atoms with E-state index in [2.05, 4.69) is 15.5 Å². The average Bonchev–Trinajstić information content (AvgIpc) is 2.74. The van der Waals surface area contributed by atoms with Crippen molar-refractivity contribution in [3.8, 4) is 5.75 Å². The van der Waals surface area contributed by atoms with Crippen LogP contribution in [-0.4, -0.2) is 38.8 Å². The number of halogens is 3. The van der Waals surface area contributed by atoms with Crippen LogP contribution in [-0.2, 0) is 12.6 Å². The maximum Gasteiger partial charge on any atom is 0.416 e. The first-order chi connectivity index (χ1) is 14.3. The molecule has 0 bridgehead atoms. The Labute approximate surface area is 174 Å². The summed E-state index contributed by atoms with van der Waals surface area (Å²) < 4.78 is 42.9. The third kappa shape index (κ3) is 6.05. The molecule has 8 heteroatoms. The number of benzene rings is 2. The first-order valence-electron chi connectivity index (χ1n) is 9.94. The van der Waals surface area contributed by atoms with E-state index in [1.54, 1.807) is 7.11 Å². The van der Waals surface area contributed by atoms with Crippen LogP contribution in [0.25, 0.3) is 0 Å². The lowest BCUT2D eigenvalue weighted by Crippen LogP contribution is -2.48. The maximum absolute atomic E-state index is 12.6. The number of carbonyl (C=O) groups is 1. The average molecular weight is 421 g/mol. The molecule has 1 saturated heterocycles. The minimum Gasteiger partial charge on any atom is -0.497 e. The number of amides is 2. The number of hydrogen-bond acceptors (Lipinski definition) is 3. The highest BCUT2D eigenvalue weighted by atomic mass is 19.4. The number of nitrogens with zero attached hydrogens (tertiary/aromatic N) is 1. The number of urea groups is 1. The Morgan fingerprint density at radius 2 is 1.70 bits per heavy atom. The van der Waals surface area contributed by atoms with Gasteiger partial charge in [-0.05, 0) is 61.2 Å². The van der Waals surface area contributed by atoms with Gasteiger partial charge in [-0.3, -0.25) is 0 Å². The molecule has 0 radical (unpaired) electrons. The minimum atomic E-state index is -4.33. The molecule has 0 atom stereocenters. The lowest BCUT2D eigenvalue weighted by Gasteiger charge is -2.34. The van der Waals surface area contributed by atoms with E-state index in [1.165, 1.54) is 12.1 Å². The van der Waals surface area contributed by atoms with Crippen molar-refractivity contribution in [2.24, 2.45) is 0 Å². The monoisotopic (exact) mass is 421 g/mol. The molecular weight excluding hydrogens is 395 g/mol. The Morgan fingerprint density at radius 3 is 2.27 bits per heavy atom. The molecule has 1 heterocycles. The highest BCUT2D eigenvalue weighted by Gasteiger charge is 2.29. The summed E-state index contributed by atoms with van der Waals surface area (Å²) in [5, 5.41) is 5.76. The summed E-state index contributed by atoms with van der Waals surface area (Å²) in [4.78, 5) is 14.4. The molecule has 1 fully saturated rings. The Bertz CT molecular complexity index is 815. The van der Waals surface area contributed by atoms with Crippen LogP contribution in [0.1, 0.15) is 24.0 Å². The molecular formula is C22H26F3N3O2. The predicted molar refractivity (Wildman–Crippen MR) is 110 cm³/mol. The van der Waals surface area contributed by atoms with Crippen molar-refractivity contribution < 1.29 is 22.7 Å². The van der Waals surface area contributed by atoms with Gasteiger partial charge in [-0.1, -0.05) is 12.1 Å². The summed E-state index contributed by atoms with van der Waals surface area (Å²) in [7, 11) is 1.64. The quantitative estimate of drug-likeness (QED) is 0.734. The molecule has 162 valence electrons. The SMILES string of the molecule is COc1ccc(N2CCC(NC(=O)NCCc3ccc(C(F)(F)F)cc3)CC2)cc1. The molecule has 30 heavy (non-hydrogen) atoms. The fourth-order valence-corrected chi connectivity index (χ4v) is 3.49. The second-order valence-corrected chi connectivity index (χ2v) is 7.30. The summed E-state index contributed by atoms with van der Waals surface area (Å²) >= 11 is 0. The van der Waals surface area contributed by atoms with Gasteiger partial charge in [0.25, 0.3) is 0 Å². The molecule has 0 saturated carbocycles. The zero-order chi connectivity index (χ0) is 21.6. The molecule has 5 nitrogen and oxygen atoms in total. The second-order valence-electron chi connectivity index (χ2n) is 7.30. The van der Waals surface area contributed by atoms with Gasteiger partial charge in [0.05, 0.1) is 12.7 Å². The largest absolute Gasteiger partial charge is 0.497 e. The van der Waals surface area contributed by atoms with E-state index < -0.39 is 11.7 Å². The van der Waals surface area contributed by atoms with E-state index in [0.29, 0.717) is 13.0 Å². The number of hydrogen-bond donors (Lipinski definition) is 2. The zero-order valence-electron chi connectivity index (χ0n) is 16.8. The number of nitrogens with one attached hydrogen (secondary N) is 2. The van der Waals surface area contributed by atoms with Crippen molar-refractivity contribution in [2.45, 2.75) is 31.5 Å². The number of rotatable bonds is 6. The van der Waals surface area contributed by atoms with E-state index in [1.807, 2.05) is 24.3 Å². The Hall–Kier alpha value is -2.90. The summed E-state index contributed by atoms with van der Waals surface area (Å²) in [5.74, 6) is 0.822. The van der Waals surface area contributed by atoms with Gasteiger partial charge < -0.3 is 20.3 Å². The molecule has 1 aliphatic rings. The van der Waals surface area contributed by atoms with Crippen molar-refractivity contribution in [1.29, 1.82) is 0 Å². The van der Waals surface area contributed by atoms with Gasteiger partial charge in [-0.15, -0.1) is 0 Å². The van der Waals surface area contributed by atoms with Gasteiger partial charge in [0.1, 0.15) is 5.75 Å². The van der Waals surface area contributed by atoms with Crippen molar-refractivity contribution in [3.05, 3.63) is 59.7 Å². The van der Waals surface area contributed by atoms with Gasteiger partial charge in [-0.25, -0.2) is 4.79 Å². The molecule has 0 unspecified atom stereocenters. The maximum atomic E-state index is 12.6. The summed E-state index contributed by atoms with van der Waals surface area (Å²) in [6.45, 7) is 2.06. The van der Waals surface area contributed by atoms with Crippen LogP contribution in [0.5, 0.6) is 5.75 Å². The third-order valence-corrected chi connectivity index (χ3v) is 5.25. The van der Waals surface area contributed by atoms with Crippen molar-refractivity contribution in [3.63, 3.8) is 0 Å². The number of carbonyl (C=O) groups excluding carboxylic acids is 1. The van der Waals surface area contributed by atoms with E-state index in [0.717, 1.165) is 55.1 Å². The van der Waals surface area contributed by atoms with Crippen molar-refractivity contribution in [2.75, 3.05) is 31.6 Å². The fourth-order valence-electron chi connectivity index (χ4n) is 3.49. The Balaban J connectivity index is 1.36. The van der Waals surface area contributed by atoms with E-state index in [-0.39, 0.29) is 12.1 Å². The van der Waals surface area contributed by atoms with Gasteiger partial charge in [-0.2, -0.15) is 13.2 Å². The van der Waals surface area contributed by atoms with E-state index >= 15 is 0 Å². The Morgan fingerprint density at radius 1 is 1.07 bits per heavy atom. The van der Waals surface area contributed by atoms with Crippen LogP contribution in [0.3, 0.4) is 0 Å². The number of ether oxygens (including phenoxy) is 1. The molecule has 0 aromatic heterocycles. The summed E-state index contributed by atoms with van der Waals surface area (Å²) in [5.41, 5.74) is 1.21. The highest BCUT2D eigenvalue weighted by molar-refractivity contribution is 5.74. The molecule has 3 rings (SSSR count). The zero-order valence-corrected chi connectivity index (χ0v) is 16.8. The van der Waals surface area contributed by atoms with Crippen LogP contribution in [0.15, 0.2) is 48.5 Å². The molecule has 2 amide bonds. The molecule has 0 aliphatic carbocycles. The lowest BCUT2D eigenvalue weighted by atomic mass is 10.0. The van der Waals surface area contributed by atoms with Gasteiger partial charge in [0.15, 0.2) is 0 Å². The topological polar surface area (TPSA) is 53.6 Å². The second kappa shape index (κ2) is 9.73. The highest BCUT2D eigenvalue weighted by Crippen LogP contribution is 2.29. The standard InChI is InChI=1S/C22H26F3N3O2/c1-30-20-8-6-19(7-9-20)28-14-11-18(12-15-28)27-21(29)26-13-10-16-2-4-17(5-3-16)22(23,24)25/h2-9,18H,10-15H2,1H3,(H2,26,27,29). The van der Waals surface area contributed by atoms with E-state index in [9.17, 15) is 18.0 Å². The fraction of sp³-hybridized carbons (Fsp3) is 0.409. The first kappa shape index (κ1) is 21.8. The summed E-state index contributed by atoms with van der Waals surface area (Å²) in [6.07, 6.45) is -2.17. The van der Waals surface area contributed by atoms with Crippen LogP contribution in [0, 0.1) is 0 Å². The number of methoxy groups -OCH3 is 1. The predicted octanol–water partition coefficient (Wildman–Crippen LogP) is 4.22. The number of alkyl halides is 3. The van der Waals surface area contributed by atoms with Crippen LogP contribution < -0.4 is 20.3 Å². The van der Waals surface area contributed by atoms with Gasteiger partial charge >= 0.3 is 12.2 Å². The van der Waals surface area contributed by atoms with Gasteiger partial charge in [0.2, 0.25) is 0 Å². The van der Waals surface area contributed by atoms with Crippen LogP contribution in [0.2, 0.25) is 0 Å². The van der Waals surface area contributed by atoms with Crippen LogP contribution in [0.4, 0.5) is 23.7 Å². The third-order valence-electron chi connectivity index (χ3n) is 5.25. The molecule has 1 aliphatic heterocycles. The smallest absolute Gasteiger partial charge is 0.416 e.